The van der Waals surface area contributed by atoms with Crippen molar-refractivity contribution < 1.29 is 22.3 Å². The van der Waals surface area contributed by atoms with E-state index >= 15 is 0 Å². The highest BCUT2D eigenvalue weighted by Crippen LogP contribution is 2.35. The van der Waals surface area contributed by atoms with Gasteiger partial charge in [-0.25, -0.2) is 24.3 Å². The molecule has 3 aromatic rings. The minimum Gasteiger partial charge on any atom is -0.439 e. The van der Waals surface area contributed by atoms with Crippen molar-refractivity contribution in [1.29, 1.82) is 0 Å². The van der Waals surface area contributed by atoms with E-state index in [1.54, 1.807) is 13.8 Å². The highest BCUT2D eigenvalue weighted by Gasteiger charge is 2.34. The van der Waals surface area contributed by atoms with Crippen molar-refractivity contribution in [3.8, 4) is 11.6 Å². The zero-order valence-corrected chi connectivity index (χ0v) is 17.0. The van der Waals surface area contributed by atoms with E-state index in [-0.39, 0.29) is 16.8 Å². The second kappa shape index (κ2) is 9.51. The molecule has 0 N–H and O–H groups in total. The number of aromatic nitrogens is 4. The number of hydrogen-bond donors (Lipinski definition) is 0. The van der Waals surface area contributed by atoms with Gasteiger partial charge < -0.3 is 4.74 Å². The van der Waals surface area contributed by atoms with Crippen molar-refractivity contribution in [2.75, 3.05) is 0 Å². The van der Waals surface area contributed by atoms with E-state index in [1.807, 2.05) is 0 Å². The van der Waals surface area contributed by atoms with Gasteiger partial charge in [0.25, 0.3) is 0 Å². The second-order valence-electron chi connectivity index (χ2n) is 5.42. The summed E-state index contributed by atoms with van der Waals surface area (Å²) < 4.78 is 56.0. The maximum atomic E-state index is 13.1. The van der Waals surface area contributed by atoms with Gasteiger partial charge >= 0.3 is 6.18 Å². The Labute approximate surface area is 177 Å². The summed E-state index contributed by atoms with van der Waals surface area (Å²) in [5.74, 6) is -1.57. The molecule has 5 nitrogen and oxygen atoms in total. The van der Waals surface area contributed by atoms with Gasteiger partial charge in [-0.3, -0.25) is 0 Å². The van der Waals surface area contributed by atoms with E-state index in [4.69, 9.17) is 39.5 Å². The lowest BCUT2D eigenvalue weighted by Crippen LogP contribution is -2.08. The zero-order chi connectivity index (χ0) is 21.8. The fourth-order valence-electron chi connectivity index (χ4n) is 1.82. The molecule has 0 aliphatic heterocycles. The molecule has 1 aromatic carbocycles. The molecule has 0 saturated carbocycles. The molecule has 0 radical (unpaired) electrons. The molecule has 0 fully saturated rings. The normalized spacial score (nSPS) is 10.9. The first-order chi connectivity index (χ1) is 13.5. The first-order valence-electron chi connectivity index (χ1n) is 7.65. The van der Waals surface area contributed by atoms with Gasteiger partial charge in [-0.15, -0.1) is 0 Å². The van der Waals surface area contributed by atoms with Crippen molar-refractivity contribution in [3.05, 3.63) is 68.8 Å². The van der Waals surface area contributed by atoms with E-state index in [1.165, 1.54) is 6.33 Å². The third-order valence-electron chi connectivity index (χ3n) is 3.40. The van der Waals surface area contributed by atoms with E-state index in [0.29, 0.717) is 28.0 Å². The number of ether oxygens (including phenoxy) is 1. The molecular formula is C17H11Cl3F4N4O. The molecule has 2 heterocycles. The molecule has 29 heavy (non-hydrogen) atoms. The van der Waals surface area contributed by atoms with Crippen molar-refractivity contribution >= 4 is 34.8 Å². The molecule has 0 bridgehead atoms. The van der Waals surface area contributed by atoms with Crippen LogP contribution in [-0.2, 0) is 6.18 Å². The van der Waals surface area contributed by atoms with E-state index in [0.717, 1.165) is 18.0 Å². The smallest absolute Gasteiger partial charge is 0.419 e. The highest BCUT2D eigenvalue weighted by molar-refractivity contribution is 6.34. The van der Waals surface area contributed by atoms with E-state index < -0.39 is 17.6 Å². The van der Waals surface area contributed by atoms with Crippen molar-refractivity contribution in [2.24, 2.45) is 0 Å². The molecule has 154 valence electrons. The Balaban J connectivity index is 0.000000278. The van der Waals surface area contributed by atoms with Crippen LogP contribution in [0.4, 0.5) is 17.6 Å². The Bertz CT molecular complexity index is 998. The molecule has 0 aliphatic rings. The number of alkyl halides is 3. The lowest BCUT2D eigenvalue weighted by atomic mass is 10.2. The zero-order valence-electron chi connectivity index (χ0n) is 14.7. The summed E-state index contributed by atoms with van der Waals surface area (Å²) in [7, 11) is 0. The van der Waals surface area contributed by atoms with Gasteiger partial charge in [-0.1, -0.05) is 34.8 Å². The Morgan fingerprint density at radius 2 is 1.34 bits per heavy atom. The van der Waals surface area contributed by atoms with Crippen LogP contribution in [0.1, 0.15) is 16.7 Å². The molecule has 0 saturated heterocycles. The minimum atomic E-state index is -4.80. The Kier molecular flexibility index (Phi) is 7.56. The number of rotatable bonds is 2. The molecule has 0 atom stereocenters. The fourth-order valence-corrected chi connectivity index (χ4v) is 2.26. The van der Waals surface area contributed by atoms with Crippen LogP contribution in [0.25, 0.3) is 0 Å². The molecular weight excluding hydrogens is 459 g/mol. The van der Waals surface area contributed by atoms with Crippen molar-refractivity contribution in [2.45, 2.75) is 20.0 Å². The van der Waals surface area contributed by atoms with Crippen LogP contribution in [0.5, 0.6) is 11.6 Å². The predicted octanol–water partition coefficient (Wildman–Crippen LogP) is 6.48. The van der Waals surface area contributed by atoms with Gasteiger partial charge in [-0.2, -0.15) is 13.2 Å². The van der Waals surface area contributed by atoms with E-state index in [9.17, 15) is 17.6 Å². The topological polar surface area (TPSA) is 60.8 Å². The van der Waals surface area contributed by atoms with Crippen LogP contribution in [0.2, 0.25) is 15.5 Å². The summed E-state index contributed by atoms with van der Waals surface area (Å²) >= 11 is 16.9. The van der Waals surface area contributed by atoms with Gasteiger partial charge in [0, 0.05) is 11.1 Å². The average Bonchev–Trinajstić information content (AvgIpc) is 2.64. The summed E-state index contributed by atoms with van der Waals surface area (Å²) in [5, 5.41) is 0.943. The summed E-state index contributed by atoms with van der Waals surface area (Å²) in [6, 6.07) is 2.31. The highest BCUT2D eigenvalue weighted by atomic mass is 35.5. The first-order valence-corrected chi connectivity index (χ1v) is 8.78. The van der Waals surface area contributed by atoms with Gasteiger partial charge in [-0.05, 0) is 32.0 Å². The Morgan fingerprint density at radius 1 is 0.828 bits per heavy atom. The summed E-state index contributed by atoms with van der Waals surface area (Å²) in [6.07, 6.45) is -2.36. The largest absolute Gasteiger partial charge is 0.439 e. The SMILES string of the molecule is Cc1c(Cl)ncnc1Cl.Cc1c(Cl)ncnc1Oc1ccc(F)c(C(F)(F)F)c1. The van der Waals surface area contributed by atoms with Crippen LogP contribution in [0, 0.1) is 19.7 Å². The fraction of sp³-hybridized carbons (Fsp3) is 0.176. The molecule has 0 amide bonds. The van der Waals surface area contributed by atoms with Crippen LogP contribution in [0.3, 0.4) is 0 Å². The monoisotopic (exact) mass is 468 g/mol. The number of nitrogens with zero attached hydrogens (tertiary/aromatic N) is 4. The molecule has 0 aliphatic carbocycles. The van der Waals surface area contributed by atoms with Gasteiger partial charge in [0.15, 0.2) is 0 Å². The summed E-state index contributed by atoms with van der Waals surface area (Å²) in [5.41, 5.74) is -0.319. The third kappa shape index (κ3) is 6.12. The van der Waals surface area contributed by atoms with Crippen LogP contribution in [-0.4, -0.2) is 19.9 Å². The lowest BCUT2D eigenvalue weighted by molar-refractivity contribution is -0.140. The molecule has 12 heteroatoms. The minimum absolute atomic E-state index is 0.00438. The predicted molar refractivity (Wildman–Crippen MR) is 100 cm³/mol. The van der Waals surface area contributed by atoms with Crippen LogP contribution < -0.4 is 4.74 Å². The van der Waals surface area contributed by atoms with Gasteiger partial charge in [0.2, 0.25) is 5.88 Å². The van der Waals surface area contributed by atoms with Crippen LogP contribution in [0.15, 0.2) is 30.9 Å². The van der Waals surface area contributed by atoms with Crippen LogP contribution >= 0.6 is 34.8 Å². The van der Waals surface area contributed by atoms with Crippen molar-refractivity contribution in [3.63, 3.8) is 0 Å². The third-order valence-corrected chi connectivity index (χ3v) is 4.54. The lowest BCUT2D eigenvalue weighted by Gasteiger charge is -2.11. The second-order valence-corrected chi connectivity index (χ2v) is 6.49. The maximum absolute atomic E-state index is 13.1. The number of halogens is 7. The maximum Gasteiger partial charge on any atom is 0.419 e. The molecule has 2 aromatic heterocycles. The Hall–Kier alpha value is -2.23. The van der Waals surface area contributed by atoms with E-state index in [2.05, 4.69) is 19.9 Å². The molecule has 0 spiro atoms. The van der Waals surface area contributed by atoms with Crippen molar-refractivity contribution in [1.82, 2.24) is 19.9 Å². The first kappa shape index (κ1) is 23.1. The Morgan fingerprint density at radius 3 is 1.86 bits per heavy atom. The standard InChI is InChI=1S/C12H7ClF4N2O.C5H4Cl2N2/c1-6-10(13)18-5-19-11(6)20-7-2-3-9(14)8(4-7)12(15,16)17;1-3-4(6)8-2-9-5(3)7/h2-5H,1H3;2H,1H3. The molecule has 0 unspecified atom stereocenters. The van der Waals surface area contributed by atoms with Gasteiger partial charge in [0.1, 0.15) is 39.7 Å². The summed E-state index contributed by atoms with van der Waals surface area (Å²) in [4.78, 5) is 14.9. The van der Waals surface area contributed by atoms with Gasteiger partial charge in [0.05, 0.1) is 5.56 Å². The quantitative estimate of drug-likeness (QED) is 0.317. The summed E-state index contributed by atoms with van der Waals surface area (Å²) in [6.45, 7) is 3.32. The molecule has 3 rings (SSSR count). The number of benzene rings is 1. The average molecular weight is 470 g/mol. The number of hydrogen-bond acceptors (Lipinski definition) is 5.